The number of hydrogen-bond donors (Lipinski definition) is 2. The average molecular weight is 298 g/mol. The van der Waals surface area contributed by atoms with E-state index in [4.69, 9.17) is 10.5 Å². The van der Waals surface area contributed by atoms with Crippen LogP contribution in [0.4, 0.5) is 5.69 Å². The minimum absolute atomic E-state index is 0.102. The Balaban J connectivity index is 2.15. The van der Waals surface area contributed by atoms with Gasteiger partial charge in [0.05, 0.1) is 7.11 Å². The predicted molar refractivity (Wildman–Crippen MR) is 79.1 cm³/mol. The molecule has 2 atom stereocenters. The summed E-state index contributed by atoms with van der Waals surface area (Å²) in [4.78, 5) is 0.102. The van der Waals surface area contributed by atoms with E-state index in [1.165, 1.54) is 26.0 Å². The lowest BCUT2D eigenvalue weighted by Gasteiger charge is -2.17. The highest BCUT2D eigenvalue weighted by Crippen LogP contribution is 2.31. The van der Waals surface area contributed by atoms with Crippen LogP contribution in [0.5, 0.6) is 5.75 Å². The Hall–Kier alpha value is -1.27. The zero-order chi connectivity index (χ0) is 14.8. The van der Waals surface area contributed by atoms with Crippen LogP contribution in [0.15, 0.2) is 23.1 Å². The van der Waals surface area contributed by atoms with Crippen molar-refractivity contribution in [1.29, 1.82) is 0 Å². The van der Waals surface area contributed by atoms with Crippen LogP contribution >= 0.6 is 0 Å². The van der Waals surface area contributed by atoms with E-state index in [2.05, 4.69) is 11.6 Å². The van der Waals surface area contributed by atoms with Crippen molar-refractivity contribution >= 4 is 15.7 Å². The quantitative estimate of drug-likeness (QED) is 0.815. The first-order chi connectivity index (χ1) is 9.44. The second-order valence-electron chi connectivity index (χ2n) is 5.43. The standard InChI is InChI=1S/C14H22N2O3S/c1-10-4-3-5-11(10)9-16-20(17,18)14-8-12(15)6-7-13(14)19-2/h6-8,10-11,16H,3-5,9,15H2,1-2H3. The molecule has 0 spiro atoms. The molecule has 1 fully saturated rings. The molecule has 0 saturated heterocycles. The first-order valence-electron chi connectivity index (χ1n) is 6.87. The minimum Gasteiger partial charge on any atom is -0.495 e. The molecule has 0 radical (unpaired) electrons. The number of methoxy groups -OCH3 is 1. The van der Waals surface area contributed by atoms with E-state index < -0.39 is 10.0 Å². The van der Waals surface area contributed by atoms with E-state index in [-0.39, 0.29) is 4.90 Å². The molecule has 6 heteroatoms. The summed E-state index contributed by atoms with van der Waals surface area (Å²) in [6.07, 6.45) is 3.43. The summed E-state index contributed by atoms with van der Waals surface area (Å²) in [6, 6.07) is 4.62. The van der Waals surface area contributed by atoms with Crippen molar-refractivity contribution in [2.75, 3.05) is 19.4 Å². The molecule has 3 N–H and O–H groups in total. The fraction of sp³-hybridized carbons (Fsp3) is 0.571. The number of hydrogen-bond acceptors (Lipinski definition) is 4. The van der Waals surface area contributed by atoms with E-state index in [1.807, 2.05) is 0 Å². The van der Waals surface area contributed by atoms with Crippen molar-refractivity contribution < 1.29 is 13.2 Å². The van der Waals surface area contributed by atoms with Crippen molar-refractivity contribution in [3.63, 3.8) is 0 Å². The summed E-state index contributed by atoms with van der Waals surface area (Å²) < 4.78 is 32.6. The molecule has 0 bridgehead atoms. The third kappa shape index (κ3) is 3.24. The van der Waals surface area contributed by atoms with Crippen molar-refractivity contribution in [3.8, 4) is 5.75 Å². The van der Waals surface area contributed by atoms with Gasteiger partial charge in [-0.2, -0.15) is 0 Å². The number of benzene rings is 1. The Morgan fingerprint density at radius 2 is 2.15 bits per heavy atom. The second-order valence-corrected chi connectivity index (χ2v) is 7.17. The Bertz CT molecular complexity index is 572. The molecular weight excluding hydrogens is 276 g/mol. The van der Waals surface area contributed by atoms with Crippen LogP contribution in [-0.4, -0.2) is 22.1 Å². The highest BCUT2D eigenvalue weighted by atomic mass is 32.2. The molecule has 2 rings (SSSR count). The maximum absolute atomic E-state index is 12.4. The zero-order valence-corrected chi connectivity index (χ0v) is 12.7. The van der Waals surface area contributed by atoms with Crippen LogP contribution < -0.4 is 15.2 Å². The highest BCUT2D eigenvalue weighted by Gasteiger charge is 2.26. The van der Waals surface area contributed by atoms with Crippen LogP contribution in [0.2, 0.25) is 0 Å². The monoisotopic (exact) mass is 298 g/mol. The van der Waals surface area contributed by atoms with Gasteiger partial charge in [0.15, 0.2) is 0 Å². The average Bonchev–Trinajstić information content (AvgIpc) is 2.82. The van der Waals surface area contributed by atoms with Gasteiger partial charge in [-0.15, -0.1) is 0 Å². The van der Waals surface area contributed by atoms with E-state index in [1.54, 1.807) is 12.1 Å². The van der Waals surface area contributed by atoms with Crippen LogP contribution in [0, 0.1) is 11.8 Å². The number of anilines is 1. The summed E-state index contributed by atoms with van der Waals surface area (Å²) in [6.45, 7) is 2.65. The van der Waals surface area contributed by atoms with Gasteiger partial charge in [0.25, 0.3) is 0 Å². The van der Waals surface area contributed by atoms with Crippen molar-refractivity contribution in [1.82, 2.24) is 4.72 Å². The van der Waals surface area contributed by atoms with Crippen molar-refractivity contribution in [2.24, 2.45) is 11.8 Å². The number of rotatable bonds is 5. The van der Waals surface area contributed by atoms with Gasteiger partial charge in [0, 0.05) is 12.2 Å². The molecule has 1 aliphatic carbocycles. The van der Waals surface area contributed by atoms with E-state index in [0.717, 1.165) is 6.42 Å². The second kappa shape index (κ2) is 6.01. The van der Waals surface area contributed by atoms with Gasteiger partial charge in [-0.25, -0.2) is 13.1 Å². The third-order valence-corrected chi connectivity index (χ3v) is 5.50. The van der Waals surface area contributed by atoms with Crippen LogP contribution in [0.3, 0.4) is 0 Å². The van der Waals surface area contributed by atoms with Gasteiger partial charge < -0.3 is 10.5 Å². The molecule has 20 heavy (non-hydrogen) atoms. The lowest BCUT2D eigenvalue weighted by Crippen LogP contribution is -2.30. The lowest BCUT2D eigenvalue weighted by molar-refractivity contribution is 0.399. The van der Waals surface area contributed by atoms with Gasteiger partial charge in [-0.05, 0) is 36.5 Å². The first kappa shape index (κ1) is 15.1. The Kier molecular flexibility index (Phi) is 4.55. The molecule has 1 aliphatic rings. The predicted octanol–water partition coefficient (Wildman–Crippen LogP) is 1.99. The van der Waals surface area contributed by atoms with E-state index in [0.29, 0.717) is 29.8 Å². The molecule has 0 amide bonds. The van der Waals surface area contributed by atoms with Crippen molar-refractivity contribution in [3.05, 3.63) is 18.2 Å². The van der Waals surface area contributed by atoms with Crippen LogP contribution in [0.1, 0.15) is 26.2 Å². The number of nitrogen functional groups attached to an aromatic ring is 1. The summed E-state index contributed by atoms with van der Waals surface area (Å²) >= 11 is 0. The van der Waals surface area contributed by atoms with E-state index in [9.17, 15) is 8.42 Å². The van der Waals surface area contributed by atoms with Gasteiger partial charge in [-0.3, -0.25) is 0 Å². The minimum atomic E-state index is -3.59. The van der Waals surface area contributed by atoms with Crippen LogP contribution in [-0.2, 0) is 10.0 Å². The Labute approximate surface area is 120 Å². The normalized spacial score (nSPS) is 22.9. The molecule has 0 aliphatic heterocycles. The molecule has 1 aromatic carbocycles. The van der Waals surface area contributed by atoms with E-state index >= 15 is 0 Å². The molecule has 2 unspecified atom stereocenters. The summed E-state index contributed by atoms with van der Waals surface area (Å²) in [5.41, 5.74) is 6.07. The molecule has 1 saturated carbocycles. The Morgan fingerprint density at radius 3 is 2.75 bits per heavy atom. The summed E-state index contributed by atoms with van der Waals surface area (Å²) in [5, 5.41) is 0. The number of sulfonamides is 1. The molecular formula is C14H22N2O3S. The third-order valence-electron chi connectivity index (χ3n) is 4.05. The van der Waals surface area contributed by atoms with Gasteiger partial charge in [0.2, 0.25) is 10.0 Å². The molecule has 0 aromatic heterocycles. The zero-order valence-electron chi connectivity index (χ0n) is 11.9. The molecule has 1 aromatic rings. The van der Waals surface area contributed by atoms with Crippen molar-refractivity contribution in [2.45, 2.75) is 31.1 Å². The molecule has 5 nitrogen and oxygen atoms in total. The fourth-order valence-corrected chi connectivity index (χ4v) is 4.02. The number of nitrogens with one attached hydrogen (secondary N) is 1. The maximum Gasteiger partial charge on any atom is 0.244 e. The largest absolute Gasteiger partial charge is 0.495 e. The topological polar surface area (TPSA) is 81.4 Å². The van der Waals surface area contributed by atoms with Gasteiger partial charge in [0.1, 0.15) is 10.6 Å². The summed E-state index contributed by atoms with van der Waals surface area (Å²) in [7, 11) is -2.14. The van der Waals surface area contributed by atoms with Gasteiger partial charge in [-0.1, -0.05) is 19.8 Å². The number of ether oxygens (including phenoxy) is 1. The molecule has 0 heterocycles. The number of nitrogens with two attached hydrogens (primary N) is 1. The highest BCUT2D eigenvalue weighted by molar-refractivity contribution is 7.89. The fourth-order valence-electron chi connectivity index (χ4n) is 2.72. The van der Waals surface area contributed by atoms with Crippen LogP contribution in [0.25, 0.3) is 0 Å². The summed E-state index contributed by atoms with van der Waals surface area (Å²) in [5.74, 6) is 1.29. The Morgan fingerprint density at radius 1 is 1.40 bits per heavy atom. The smallest absolute Gasteiger partial charge is 0.244 e. The molecule has 112 valence electrons. The van der Waals surface area contributed by atoms with Gasteiger partial charge >= 0.3 is 0 Å². The lowest BCUT2D eigenvalue weighted by atomic mass is 9.99. The first-order valence-corrected chi connectivity index (χ1v) is 8.35. The maximum atomic E-state index is 12.4. The SMILES string of the molecule is COc1ccc(N)cc1S(=O)(=O)NCC1CCCC1C.